The van der Waals surface area contributed by atoms with Crippen LogP contribution in [0, 0.1) is 13.8 Å². The van der Waals surface area contributed by atoms with Gasteiger partial charge >= 0.3 is 0 Å². The predicted octanol–water partition coefficient (Wildman–Crippen LogP) is 4.77. The predicted molar refractivity (Wildman–Crippen MR) is 135 cm³/mol. The van der Waals surface area contributed by atoms with Crippen LogP contribution < -0.4 is 20.1 Å². The molecule has 0 aliphatic carbocycles. The second-order valence-corrected chi connectivity index (χ2v) is 7.90. The van der Waals surface area contributed by atoms with E-state index in [2.05, 4.69) is 15.7 Å². The summed E-state index contributed by atoms with van der Waals surface area (Å²) in [6.07, 6.45) is 0. The Morgan fingerprint density at radius 1 is 0.886 bits per heavy atom. The first-order valence-electron chi connectivity index (χ1n) is 11.0. The number of nitrogens with zero attached hydrogens (tertiary/aromatic N) is 2. The molecule has 1 aromatic heterocycles. The highest BCUT2D eigenvalue weighted by Crippen LogP contribution is 2.23. The molecule has 8 heteroatoms. The molecule has 2 amide bonds. The van der Waals surface area contributed by atoms with Gasteiger partial charge in [-0.2, -0.15) is 5.10 Å². The van der Waals surface area contributed by atoms with Gasteiger partial charge in [-0.15, -0.1) is 0 Å². The number of anilines is 2. The smallest absolute Gasteiger partial charge is 0.262 e. The van der Waals surface area contributed by atoms with Crippen molar-refractivity contribution in [1.29, 1.82) is 0 Å². The molecule has 35 heavy (non-hydrogen) atoms. The summed E-state index contributed by atoms with van der Waals surface area (Å²) in [7, 11) is 1.56. The van der Waals surface area contributed by atoms with E-state index in [0.29, 0.717) is 28.4 Å². The van der Waals surface area contributed by atoms with Gasteiger partial charge in [0.1, 0.15) is 11.5 Å². The van der Waals surface area contributed by atoms with Gasteiger partial charge in [0, 0.05) is 23.0 Å². The summed E-state index contributed by atoms with van der Waals surface area (Å²) in [4.78, 5) is 25.1. The van der Waals surface area contributed by atoms with Crippen LogP contribution in [0.25, 0.3) is 5.69 Å². The van der Waals surface area contributed by atoms with Gasteiger partial charge in [0.05, 0.1) is 24.2 Å². The summed E-state index contributed by atoms with van der Waals surface area (Å²) in [5.74, 6) is 0.558. The summed E-state index contributed by atoms with van der Waals surface area (Å²) >= 11 is 0. The molecule has 0 radical (unpaired) electrons. The van der Waals surface area contributed by atoms with Crippen LogP contribution in [-0.4, -0.2) is 35.3 Å². The summed E-state index contributed by atoms with van der Waals surface area (Å²) < 4.78 is 12.5. The number of aryl methyl sites for hydroxylation is 2. The molecule has 1 heterocycles. The molecule has 0 fully saturated rings. The molecule has 0 unspecified atom stereocenters. The van der Waals surface area contributed by atoms with Gasteiger partial charge in [-0.05, 0) is 68.4 Å². The van der Waals surface area contributed by atoms with Crippen molar-refractivity contribution in [1.82, 2.24) is 9.78 Å². The molecule has 4 aromatic rings. The van der Waals surface area contributed by atoms with Crippen molar-refractivity contribution >= 4 is 23.2 Å². The topological polar surface area (TPSA) is 94.5 Å². The van der Waals surface area contributed by atoms with Crippen molar-refractivity contribution < 1.29 is 19.1 Å². The van der Waals surface area contributed by atoms with Crippen LogP contribution in [0.3, 0.4) is 0 Å². The standard InChI is InChI=1S/C27H26N4O4/c1-18-15-19(2)31(30-18)25-10-5-4-9-24(25)29-27(33)20-11-13-22(14-12-20)35-17-26(32)28-21-7-6-8-23(16-21)34-3/h4-16H,17H2,1-3H3,(H,28,32)(H,29,33). The lowest BCUT2D eigenvalue weighted by atomic mass is 10.2. The number of amides is 2. The first kappa shape index (κ1) is 23.6. The Morgan fingerprint density at radius 2 is 1.66 bits per heavy atom. The molecule has 3 aromatic carbocycles. The fraction of sp³-hybridized carbons (Fsp3) is 0.148. The highest BCUT2D eigenvalue weighted by atomic mass is 16.5. The Balaban J connectivity index is 1.36. The van der Waals surface area contributed by atoms with Crippen molar-refractivity contribution in [3.05, 3.63) is 95.8 Å². The normalized spacial score (nSPS) is 10.5. The van der Waals surface area contributed by atoms with Crippen molar-refractivity contribution in [3.63, 3.8) is 0 Å². The van der Waals surface area contributed by atoms with Gasteiger partial charge in [-0.25, -0.2) is 4.68 Å². The van der Waals surface area contributed by atoms with Crippen LogP contribution in [-0.2, 0) is 4.79 Å². The van der Waals surface area contributed by atoms with Gasteiger partial charge in [0.2, 0.25) is 0 Å². The first-order chi connectivity index (χ1) is 16.9. The second-order valence-electron chi connectivity index (χ2n) is 7.90. The number of carbonyl (C=O) groups is 2. The van der Waals surface area contributed by atoms with Crippen LogP contribution >= 0.6 is 0 Å². The molecule has 0 bridgehead atoms. The first-order valence-corrected chi connectivity index (χ1v) is 11.0. The molecule has 178 valence electrons. The Bertz CT molecular complexity index is 1350. The lowest BCUT2D eigenvalue weighted by Gasteiger charge is -2.13. The van der Waals surface area contributed by atoms with Gasteiger partial charge in [0.25, 0.3) is 11.8 Å². The number of aromatic nitrogens is 2. The minimum atomic E-state index is -0.305. The van der Waals surface area contributed by atoms with Crippen molar-refractivity contribution in [2.24, 2.45) is 0 Å². The molecule has 0 aliphatic heterocycles. The largest absolute Gasteiger partial charge is 0.497 e. The number of hydrogen-bond donors (Lipinski definition) is 2. The van der Waals surface area contributed by atoms with Gasteiger partial charge in [-0.3, -0.25) is 9.59 Å². The van der Waals surface area contributed by atoms with Crippen LogP contribution in [0.2, 0.25) is 0 Å². The van der Waals surface area contributed by atoms with Crippen molar-refractivity contribution in [2.45, 2.75) is 13.8 Å². The molecule has 4 rings (SSSR count). The Morgan fingerprint density at radius 3 is 2.37 bits per heavy atom. The van der Waals surface area contributed by atoms with E-state index in [0.717, 1.165) is 17.1 Å². The number of para-hydroxylation sites is 2. The third-order valence-corrected chi connectivity index (χ3v) is 5.23. The number of methoxy groups -OCH3 is 1. The average Bonchev–Trinajstić information content (AvgIpc) is 3.21. The zero-order chi connectivity index (χ0) is 24.8. The maximum Gasteiger partial charge on any atom is 0.262 e. The molecular formula is C27H26N4O4. The average molecular weight is 471 g/mol. The van der Waals surface area contributed by atoms with Crippen molar-refractivity contribution in [2.75, 3.05) is 24.4 Å². The third kappa shape index (κ3) is 5.86. The van der Waals surface area contributed by atoms with E-state index in [9.17, 15) is 9.59 Å². The fourth-order valence-electron chi connectivity index (χ4n) is 3.58. The lowest BCUT2D eigenvalue weighted by Crippen LogP contribution is -2.20. The zero-order valence-corrected chi connectivity index (χ0v) is 19.7. The van der Waals surface area contributed by atoms with E-state index in [1.54, 1.807) is 60.3 Å². The molecule has 0 saturated carbocycles. The quantitative estimate of drug-likeness (QED) is 0.387. The fourth-order valence-corrected chi connectivity index (χ4v) is 3.58. The number of carbonyl (C=O) groups excluding carboxylic acids is 2. The van der Waals surface area contributed by atoms with Gasteiger partial charge in [0.15, 0.2) is 6.61 Å². The Labute approximate surface area is 203 Å². The summed E-state index contributed by atoms with van der Waals surface area (Å²) in [5.41, 5.74) is 4.39. The van der Waals surface area contributed by atoms with Crippen molar-refractivity contribution in [3.8, 4) is 17.2 Å². The van der Waals surface area contributed by atoms with Crippen LogP contribution in [0.4, 0.5) is 11.4 Å². The van der Waals surface area contributed by atoms with E-state index >= 15 is 0 Å². The maximum absolute atomic E-state index is 12.9. The molecule has 2 N–H and O–H groups in total. The molecule has 8 nitrogen and oxygen atoms in total. The molecular weight excluding hydrogens is 444 g/mol. The number of rotatable bonds is 8. The van der Waals surface area contributed by atoms with Crippen LogP contribution in [0.5, 0.6) is 11.5 Å². The molecule has 0 atom stereocenters. The number of ether oxygens (including phenoxy) is 2. The summed E-state index contributed by atoms with van der Waals surface area (Å²) in [5, 5.41) is 10.2. The summed E-state index contributed by atoms with van der Waals surface area (Å²) in [6, 6.07) is 23.2. The Kier molecular flexibility index (Phi) is 7.11. The minimum Gasteiger partial charge on any atom is -0.497 e. The molecule has 0 saturated heterocycles. The van der Waals surface area contributed by atoms with Gasteiger partial charge < -0.3 is 20.1 Å². The number of nitrogens with one attached hydrogen (secondary N) is 2. The molecule has 0 aliphatic rings. The SMILES string of the molecule is COc1cccc(NC(=O)COc2ccc(C(=O)Nc3ccccc3-n3nc(C)cc3C)cc2)c1. The van der Waals surface area contributed by atoms with E-state index < -0.39 is 0 Å². The van der Waals surface area contributed by atoms with E-state index in [1.807, 2.05) is 44.2 Å². The molecule has 0 spiro atoms. The maximum atomic E-state index is 12.9. The highest BCUT2D eigenvalue weighted by Gasteiger charge is 2.13. The monoisotopic (exact) mass is 470 g/mol. The third-order valence-electron chi connectivity index (χ3n) is 5.23. The van der Waals surface area contributed by atoms with E-state index in [4.69, 9.17) is 9.47 Å². The second kappa shape index (κ2) is 10.6. The minimum absolute atomic E-state index is 0.168. The Hall–Kier alpha value is -4.59. The summed E-state index contributed by atoms with van der Waals surface area (Å²) in [6.45, 7) is 3.73. The van der Waals surface area contributed by atoms with Crippen LogP contribution in [0.15, 0.2) is 78.9 Å². The number of hydrogen-bond acceptors (Lipinski definition) is 5. The van der Waals surface area contributed by atoms with Crippen LogP contribution in [0.1, 0.15) is 21.7 Å². The van der Waals surface area contributed by atoms with Gasteiger partial charge in [-0.1, -0.05) is 18.2 Å². The number of benzene rings is 3. The highest BCUT2D eigenvalue weighted by molar-refractivity contribution is 6.05. The van der Waals surface area contributed by atoms with E-state index in [1.165, 1.54) is 0 Å². The lowest BCUT2D eigenvalue weighted by molar-refractivity contribution is -0.118. The van der Waals surface area contributed by atoms with E-state index in [-0.39, 0.29) is 18.4 Å². The zero-order valence-electron chi connectivity index (χ0n) is 19.7.